The molecule has 1 amide bonds. The number of benzene rings is 1. The van der Waals surface area contributed by atoms with E-state index >= 15 is 0 Å². The van der Waals surface area contributed by atoms with Crippen molar-refractivity contribution >= 4 is 17.2 Å². The minimum absolute atomic E-state index is 0.0335. The smallest absolute Gasteiger partial charge is 0.221 e. The Hall–Kier alpha value is -1.92. The molecule has 118 valence electrons. The predicted molar refractivity (Wildman–Crippen MR) is 89.1 cm³/mol. The Kier molecular flexibility index (Phi) is 5.51. The van der Waals surface area contributed by atoms with Crippen LogP contribution in [0.2, 0.25) is 0 Å². The second-order valence-electron chi connectivity index (χ2n) is 5.03. The zero-order valence-electron chi connectivity index (χ0n) is 13.1. The number of carbonyl (C=O) groups is 1. The number of hydrogen-bond donors (Lipinski definition) is 2. The Morgan fingerprint density at radius 1 is 1.41 bits per heavy atom. The number of aryl methyl sites for hydroxylation is 1. The summed E-state index contributed by atoms with van der Waals surface area (Å²) in [7, 11) is 1.65. The van der Waals surface area contributed by atoms with Gasteiger partial charge in [0.05, 0.1) is 23.7 Å². The minimum atomic E-state index is -0.0662. The van der Waals surface area contributed by atoms with Crippen molar-refractivity contribution in [1.29, 1.82) is 0 Å². The number of hydrogen-bond acceptors (Lipinski definition) is 5. The monoisotopic (exact) mass is 319 g/mol. The number of aromatic nitrogens is 1. The minimum Gasteiger partial charge on any atom is -0.497 e. The van der Waals surface area contributed by atoms with E-state index in [1.807, 2.05) is 38.1 Å². The molecule has 0 saturated heterocycles. The summed E-state index contributed by atoms with van der Waals surface area (Å²) in [4.78, 5) is 17.3. The molecule has 22 heavy (non-hydrogen) atoms. The van der Waals surface area contributed by atoms with Gasteiger partial charge in [-0.3, -0.25) is 4.79 Å². The van der Waals surface area contributed by atoms with Gasteiger partial charge in [-0.15, -0.1) is 11.3 Å². The summed E-state index contributed by atoms with van der Waals surface area (Å²) < 4.78 is 5.16. The number of nitrogens with zero attached hydrogens (tertiary/aromatic N) is 1. The molecule has 0 aliphatic heterocycles. The van der Waals surface area contributed by atoms with Gasteiger partial charge in [0.2, 0.25) is 5.91 Å². The molecule has 0 spiro atoms. The highest BCUT2D eigenvalue weighted by molar-refractivity contribution is 7.15. The Bertz CT molecular complexity index is 637. The number of thiazole rings is 1. The second-order valence-corrected chi connectivity index (χ2v) is 6.06. The van der Waals surface area contributed by atoms with Gasteiger partial charge in [-0.1, -0.05) is 0 Å². The predicted octanol–water partition coefficient (Wildman–Crippen LogP) is 2.65. The molecule has 2 rings (SSSR count). The summed E-state index contributed by atoms with van der Waals surface area (Å²) in [6.07, 6.45) is 0.341. The largest absolute Gasteiger partial charge is 0.497 e. The highest BCUT2D eigenvalue weighted by Gasteiger charge is 2.17. The number of methoxy groups -OCH3 is 1. The van der Waals surface area contributed by atoms with Crippen LogP contribution >= 0.6 is 11.3 Å². The number of amides is 1. The SMILES string of the molecule is COc1ccc(-c2nc(C)c(C(C)NC(=O)CCN)s2)cc1. The van der Waals surface area contributed by atoms with Crippen LogP contribution in [0.25, 0.3) is 10.6 Å². The first-order chi connectivity index (χ1) is 10.5. The molecule has 0 aliphatic rings. The number of rotatable bonds is 6. The molecule has 1 aromatic heterocycles. The molecule has 1 atom stereocenters. The molecule has 2 aromatic rings. The van der Waals surface area contributed by atoms with E-state index in [2.05, 4.69) is 10.3 Å². The molecule has 1 unspecified atom stereocenters. The van der Waals surface area contributed by atoms with Crippen LogP contribution in [-0.2, 0) is 4.79 Å². The van der Waals surface area contributed by atoms with E-state index in [0.29, 0.717) is 13.0 Å². The van der Waals surface area contributed by atoms with Gasteiger partial charge >= 0.3 is 0 Å². The molecule has 3 N–H and O–H groups in total. The topological polar surface area (TPSA) is 77.2 Å². The molecule has 0 saturated carbocycles. The summed E-state index contributed by atoms with van der Waals surface area (Å²) in [5, 5.41) is 3.89. The molecule has 0 radical (unpaired) electrons. The van der Waals surface area contributed by atoms with Crippen molar-refractivity contribution in [2.75, 3.05) is 13.7 Å². The third-order valence-electron chi connectivity index (χ3n) is 3.31. The molecule has 0 aliphatic carbocycles. The summed E-state index contributed by atoms with van der Waals surface area (Å²) >= 11 is 1.60. The lowest BCUT2D eigenvalue weighted by Gasteiger charge is -2.12. The van der Waals surface area contributed by atoms with E-state index in [4.69, 9.17) is 10.5 Å². The van der Waals surface area contributed by atoms with Crippen LogP contribution in [0, 0.1) is 6.92 Å². The van der Waals surface area contributed by atoms with E-state index < -0.39 is 0 Å². The number of carbonyl (C=O) groups excluding carboxylic acids is 1. The van der Waals surface area contributed by atoms with Gasteiger partial charge in [0.1, 0.15) is 10.8 Å². The normalized spacial score (nSPS) is 12.0. The quantitative estimate of drug-likeness (QED) is 0.858. The zero-order chi connectivity index (χ0) is 16.1. The third kappa shape index (κ3) is 3.84. The van der Waals surface area contributed by atoms with Crippen molar-refractivity contribution < 1.29 is 9.53 Å². The van der Waals surface area contributed by atoms with Gasteiger partial charge in [0.25, 0.3) is 0 Å². The number of nitrogens with one attached hydrogen (secondary N) is 1. The van der Waals surface area contributed by atoms with Crippen molar-refractivity contribution in [1.82, 2.24) is 10.3 Å². The summed E-state index contributed by atoms with van der Waals surface area (Å²) in [5.41, 5.74) is 7.38. The van der Waals surface area contributed by atoms with Crippen molar-refractivity contribution in [2.24, 2.45) is 5.73 Å². The summed E-state index contributed by atoms with van der Waals surface area (Å²) in [5.74, 6) is 0.786. The van der Waals surface area contributed by atoms with Crippen LogP contribution in [0.4, 0.5) is 0 Å². The van der Waals surface area contributed by atoms with Crippen LogP contribution in [0.15, 0.2) is 24.3 Å². The van der Waals surface area contributed by atoms with E-state index in [1.165, 1.54) is 0 Å². The number of nitrogens with two attached hydrogens (primary N) is 1. The van der Waals surface area contributed by atoms with Crippen molar-refractivity contribution in [3.8, 4) is 16.3 Å². The third-order valence-corrected chi connectivity index (χ3v) is 4.70. The zero-order valence-corrected chi connectivity index (χ0v) is 13.9. The van der Waals surface area contributed by atoms with Gasteiger partial charge in [0.15, 0.2) is 0 Å². The Morgan fingerprint density at radius 2 is 2.09 bits per heavy atom. The molecule has 1 heterocycles. The van der Waals surface area contributed by atoms with E-state index in [9.17, 15) is 4.79 Å². The van der Waals surface area contributed by atoms with Crippen LogP contribution < -0.4 is 15.8 Å². The molecular weight excluding hydrogens is 298 g/mol. The van der Waals surface area contributed by atoms with Crippen molar-refractivity contribution in [2.45, 2.75) is 26.3 Å². The fourth-order valence-electron chi connectivity index (χ4n) is 2.18. The summed E-state index contributed by atoms with van der Waals surface area (Å²) in [6.45, 7) is 4.29. The second kappa shape index (κ2) is 7.38. The van der Waals surface area contributed by atoms with Crippen LogP contribution in [0.5, 0.6) is 5.75 Å². The summed E-state index contributed by atoms with van der Waals surface area (Å²) in [6, 6.07) is 7.73. The first-order valence-electron chi connectivity index (χ1n) is 7.16. The lowest BCUT2D eigenvalue weighted by atomic mass is 10.2. The van der Waals surface area contributed by atoms with E-state index in [0.717, 1.165) is 26.9 Å². The number of ether oxygens (including phenoxy) is 1. The Labute approximate surface area is 134 Å². The lowest BCUT2D eigenvalue weighted by molar-refractivity contribution is -0.121. The van der Waals surface area contributed by atoms with Crippen LogP contribution in [0.3, 0.4) is 0 Å². The molecule has 5 nitrogen and oxygen atoms in total. The molecule has 0 fully saturated rings. The van der Waals surface area contributed by atoms with E-state index in [-0.39, 0.29) is 11.9 Å². The standard InChI is InChI=1S/C16H21N3O2S/c1-10(18-14(20)8-9-17)15-11(2)19-16(22-15)12-4-6-13(21-3)7-5-12/h4-7,10H,8-9,17H2,1-3H3,(H,18,20). The molecule has 6 heteroatoms. The Morgan fingerprint density at radius 3 is 2.68 bits per heavy atom. The highest BCUT2D eigenvalue weighted by atomic mass is 32.1. The first-order valence-corrected chi connectivity index (χ1v) is 7.98. The van der Waals surface area contributed by atoms with Gasteiger partial charge in [-0.25, -0.2) is 4.98 Å². The van der Waals surface area contributed by atoms with Crippen molar-refractivity contribution in [3.05, 3.63) is 34.8 Å². The average Bonchev–Trinajstić information content (AvgIpc) is 2.89. The molecule has 1 aromatic carbocycles. The maximum atomic E-state index is 11.7. The fraction of sp³-hybridized carbons (Fsp3) is 0.375. The average molecular weight is 319 g/mol. The van der Waals surface area contributed by atoms with E-state index in [1.54, 1.807) is 18.4 Å². The molecular formula is C16H21N3O2S. The van der Waals surface area contributed by atoms with Crippen molar-refractivity contribution in [3.63, 3.8) is 0 Å². The van der Waals surface area contributed by atoms with Crippen LogP contribution in [-0.4, -0.2) is 24.5 Å². The maximum Gasteiger partial charge on any atom is 0.221 e. The van der Waals surface area contributed by atoms with Gasteiger partial charge in [-0.05, 0) is 38.1 Å². The first kappa shape index (κ1) is 16.5. The fourth-order valence-corrected chi connectivity index (χ4v) is 3.25. The maximum absolute atomic E-state index is 11.7. The van der Waals surface area contributed by atoms with Crippen LogP contribution in [0.1, 0.15) is 30.0 Å². The Balaban J connectivity index is 2.17. The van der Waals surface area contributed by atoms with Gasteiger partial charge in [0, 0.05) is 18.5 Å². The van der Waals surface area contributed by atoms with Gasteiger partial charge in [-0.2, -0.15) is 0 Å². The molecule has 0 bridgehead atoms. The highest BCUT2D eigenvalue weighted by Crippen LogP contribution is 2.32. The lowest BCUT2D eigenvalue weighted by Crippen LogP contribution is -2.28. The van der Waals surface area contributed by atoms with Gasteiger partial charge < -0.3 is 15.8 Å².